The van der Waals surface area contributed by atoms with E-state index in [1.165, 1.54) is 19.2 Å². The second kappa shape index (κ2) is 8.14. The Balaban J connectivity index is 2.05. The molecule has 0 aliphatic rings. The van der Waals surface area contributed by atoms with Crippen LogP contribution in [0.15, 0.2) is 36.4 Å². The topological polar surface area (TPSA) is 109 Å². The molecule has 0 radical (unpaired) electrons. The minimum atomic E-state index is -1.02. The van der Waals surface area contributed by atoms with E-state index in [4.69, 9.17) is 4.74 Å². The first-order valence-corrected chi connectivity index (χ1v) is 7.71. The highest BCUT2D eigenvalue weighted by molar-refractivity contribution is 5.95. The number of aromatic hydroxyl groups is 1. The van der Waals surface area contributed by atoms with Crippen molar-refractivity contribution in [1.82, 2.24) is 10.3 Å². The number of carbonyl (C=O) groups is 2. The van der Waals surface area contributed by atoms with Gasteiger partial charge in [-0.3, -0.25) is 9.59 Å². The predicted octanol–water partition coefficient (Wildman–Crippen LogP) is 1.78. The fraction of sp³-hybridized carbons (Fsp3) is 0.278. The van der Waals surface area contributed by atoms with Crippen LogP contribution in [-0.2, 0) is 11.2 Å². The molecule has 0 aliphatic carbocycles. The fourth-order valence-electron chi connectivity index (χ4n) is 2.33. The van der Waals surface area contributed by atoms with Crippen LogP contribution in [0.4, 0.5) is 0 Å². The van der Waals surface area contributed by atoms with Crippen LogP contribution in [0.3, 0.4) is 0 Å². The summed E-state index contributed by atoms with van der Waals surface area (Å²) in [4.78, 5) is 27.9. The van der Waals surface area contributed by atoms with Crippen molar-refractivity contribution in [3.05, 3.63) is 53.3 Å². The number of methoxy groups -OCH3 is 1. The summed E-state index contributed by atoms with van der Waals surface area (Å²) in [6.45, 7) is 1.70. The summed E-state index contributed by atoms with van der Waals surface area (Å²) >= 11 is 0. The number of aryl methyl sites for hydroxylation is 1. The molecule has 1 unspecified atom stereocenters. The lowest BCUT2D eigenvalue weighted by Crippen LogP contribution is -2.34. The number of phenols is 1. The minimum absolute atomic E-state index is 0.0478. The molecule has 25 heavy (non-hydrogen) atoms. The smallest absolute Gasteiger partial charge is 0.308 e. The zero-order valence-corrected chi connectivity index (χ0v) is 14.0. The molecule has 1 atom stereocenters. The highest BCUT2D eigenvalue weighted by atomic mass is 16.5. The molecule has 2 rings (SSSR count). The Labute approximate surface area is 145 Å². The third kappa shape index (κ3) is 4.94. The Morgan fingerprint density at radius 3 is 2.48 bits per heavy atom. The predicted molar refractivity (Wildman–Crippen MR) is 90.8 cm³/mol. The Morgan fingerprint density at radius 2 is 1.88 bits per heavy atom. The van der Waals surface area contributed by atoms with Crippen LogP contribution in [0.25, 0.3) is 0 Å². The lowest BCUT2D eigenvalue weighted by atomic mass is 9.99. The molecule has 7 heteroatoms. The van der Waals surface area contributed by atoms with Crippen LogP contribution in [0, 0.1) is 12.8 Å². The summed E-state index contributed by atoms with van der Waals surface area (Å²) in [5, 5.41) is 21.3. The molecule has 0 aliphatic heterocycles. The lowest BCUT2D eigenvalue weighted by molar-refractivity contribution is -0.141. The number of carboxylic acid groups (broad SMARTS) is 1. The number of nitrogens with zero attached hydrogens (tertiary/aromatic N) is 1. The summed E-state index contributed by atoms with van der Waals surface area (Å²) in [6.07, 6.45) is 0.230. The molecule has 1 aromatic carbocycles. The number of rotatable bonds is 7. The number of hydrogen-bond donors (Lipinski definition) is 3. The number of carbonyl (C=O) groups excluding carboxylic acids is 1. The van der Waals surface area contributed by atoms with E-state index in [0.29, 0.717) is 11.4 Å². The monoisotopic (exact) mass is 344 g/mol. The van der Waals surface area contributed by atoms with Crippen LogP contribution in [0.5, 0.6) is 11.5 Å². The van der Waals surface area contributed by atoms with Gasteiger partial charge in [0.05, 0.1) is 13.0 Å². The zero-order chi connectivity index (χ0) is 18.4. The second-order valence-electron chi connectivity index (χ2n) is 5.62. The number of nitrogens with one attached hydrogen (secondary N) is 1. The van der Waals surface area contributed by atoms with Gasteiger partial charge in [0.25, 0.3) is 5.91 Å². The number of ether oxygens (including phenoxy) is 1. The first kappa shape index (κ1) is 18.3. The Bertz CT molecular complexity index is 759. The maximum atomic E-state index is 12.3. The highest BCUT2D eigenvalue weighted by Gasteiger charge is 2.21. The average Bonchev–Trinajstić information content (AvgIpc) is 2.59. The van der Waals surface area contributed by atoms with E-state index in [0.717, 1.165) is 5.56 Å². The molecule has 0 fully saturated rings. The van der Waals surface area contributed by atoms with Crippen LogP contribution in [0.2, 0.25) is 0 Å². The molecular formula is C18H20N2O5. The average molecular weight is 344 g/mol. The van der Waals surface area contributed by atoms with Gasteiger partial charge < -0.3 is 20.3 Å². The number of benzene rings is 1. The molecule has 0 spiro atoms. The highest BCUT2D eigenvalue weighted by Crippen LogP contribution is 2.17. The molecule has 0 saturated heterocycles. The first-order chi connectivity index (χ1) is 11.9. The molecular weight excluding hydrogens is 324 g/mol. The van der Waals surface area contributed by atoms with Gasteiger partial charge >= 0.3 is 5.97 Å². The minimum Gasteiger partial charge on any atom is -0.508 e. The van der Waals surface area contributed by atoms with E-state index in [1.54, 1.807) is 31.2 Å². The molecule has 1 aromatic heterocycles. The van der Waals surface area contributed by atoms with E-state index < -0.39 is 17.8 Å². The van der Waals surface area contributed by atoms with Gasteiger partial charge in [0.15, 0.2) is 5.69 Å². The first-order valence-electron chi connectivity index (χ1n) is 7.71. The molecule has 2 aromatic rings. The van der Waals surface area contributed by atoms with Crippen molar-refractivity contribution in [2.75, 3.05) is 13.7 Å². The molecule has 1 amide bonds. The zero-order valence-electron chi connectivity index (χ0n) is 14.0. The summed E-state index contributed by atoms with van der Waals surface area (Å²) in [7, 11) is 1.44. The van der Waals surface area contributed by atoms with Crippen LogP contribution in [0.1, 0.15) is 21.7 Å². The van der Waals surface area contributed by atoms with Gasteiger partial charge in [0.1, 0.15) is 11.5 Å². The molecule has 1 heterocycles. The number of carboxylic acids is 1. The van der Waals surface area contributed by atoms with E-state index in [2.05, 4.69) is 10.3 Å². The van der Waals surface area contributed by atoms with Crippen LogP contribution in [-0.4, -0.2) is 40.7 Å². The third-order valence-electron chi connectivity index (χ3n) is 3.71. The molecule has 132 valence electrons. The third-order valence-corrected chi connectivity index (χ3v) is 3.71. The Morgan fingerprint density at radius 1 is 1.20 bits per heavy atom. The SMILES string of the molecule is COc1ccc(C)nc1C(=O)NCC(Cc1ccc(O)cc1)C(=O)O. The molecule has 0 saturated carbocycles. The van der Waals surface area contributed by atoms with Crippen molar-refractivity contribution < 1.29 is 24.5 Å². The van der Waals surface area contributed by atoms with Gasteiger partial charge in [0.2, 0.25) is 0 Å². The van der Waals surface area contributed by atoms with Crippen LogP contribution < -0.4 is 10.1 Å². The second-order valence-corrected chi connectivity index (χ2v) is 5.62. The number of aromatic nitrogens is 1. The van der Waals surface area contributed by atoms with Gasteiger partial charge in [-0.15, -0.1) is 0 Å². The van der Waals surface area contributed by atoms with E-state index in [1.807, 2.05) is 0 Å². The normalized spacial score (nSPS) is 11.6. The Kier molecular flexibility index (Phi) is 5.94. The fourth-order valence-corrected chi connectivity index (χ4v) is 2.33. The molecule has 0 bridgehead atoms. The quantitative estimate of drug-likeness (QED) is 0.706. The number of pyridine rings is 1. The summed E-state index contributed by atoms with van der Waals surface area (Å²) in [6, 6.07) is 9.65. The number of phenolic OH excluding ortho intramolecular Hbond substituents is 1. The van der Waals surface area contributed by atoms with Gasteiger partial charge in [0, 0.05) is 12.2 Å². The summed E-state index contributed by atoms with van der Waals surface area (Å²) in [5.74, 6) is -1.87. The largest absolute Gasteiger partial charge is 0.508 e. The van der Waals surface area contributed by atoms with Crippen molar-refractivity contribution in [3.8, 4) is 11.5 Å². The van der Waals surface area contributed by atoms with Gasteiger partial charge in [-0.25, -0.2) is 4.98 Å². The van der Waals surface area contributed by atoms with Crippen LogP contribution >= 0.6 is 0 Å². The van der Waals surface area contributed by atoms with E-state index in [-0.39, 0.29) is 24.4 Å². The van der Waals surface area contributed by atoms with Gasteiger partial charge in [-0.05, 0) is 43.2 Å². The van der Waals surface area contributed by atoms with Gasteiger partial charge in [-0.2, -0.15) is 0 Å². The number of aliphatic carboxylic acids is 1. The van der Waals surface area contributed by atoms with E-state index >= 15 is 0 Å². The molecule has 7 nitrogen and oxygen atoms in total. The van der Waals surface area contributed by atoms with E-state index in [9.17, 15) is 19.8 Å². The van der Waals surface area contributed by atoms with Crippen molar-refractivity contribution in [2.24, 2.45) is 5.92 Å². The molecule has 3 N–H and O–H groups in total. The summed E-state index contributed by atoms with van der Waals surface area (Å²) < 4.78 is 5.12. The Hall–Kier alpha value is -3.09. The van der Waals surface area contributed by atoms with Crippen molar-refractivity contribution in [2.45, 2.75) is 13.3 Å². The van der Waals surface area contributed by atoms with Gasteiger partial charge in [-0.1, -0.05) is 12.1 Å². The maximum absolute atomic E-state index is 12.3. The van der Waals surface area contributed by atoms with Crippen molar-refractivity contribution in [1.29, 1.82) is 0 Å². The van der Waals surface area contributed by atoms with Crippen molar-refractivity contribution >= 4 is 11.9 Å². The standard InChI is InChI=1S/C18H20N2O5/c1-11-3-8-15(25-2)16(20-11)17(22)19-10-13(18(23)24)9-12-4-6-14(21)7-5-12/h3-8,13,21H,9-10H2,1-2H3,(H,19,22)(H,23,24). The van der Waals surface area contributed by atoms with Crippen molar-refractivity contribution in [3.63, 3.8) is 0 Å². The maximum Gasteiger partial charge on any atom is 0.308 e. The number of hydrogen-bond acceptors (Lipinski definition) is 5. The number of amides is 1. The summed E-state index contributed by atoms with van der Waals surface area (Å²) in [5.41, 5.74) is 1.53. The lowest BCUT2D eigenvalue weighted by Gasteiger charge is -2.14.